The lowest BCUT2D eigenvalue weighted by molar-refractivity contribution is 0.328. The molecule has 3 aromatic heterocycles. The molecule has 4 heterocycles. The van der Waals surface area contributed by atoms with Crippen LogP contribution in [0.3, 0.4) is 0 Å². The molecular weight excluding hydrogens is 307 g/mol. The summed E-state index contributed by atoms with van der Waals surface area (Å²) in [5.41, 5.74) is 1.88. The third kappa shape index (κ3) is 1.87. The fourth-order valence-electron chi connectivity index (χ4n) is 3.24. The van der Waals surface area contributed by atoms with Crippen molar-refractivity contribution in [2.24, 2.45) is 0 Å². The summed E-state index contributed by atoms with van der Waals surface area (Å²) in [6, 6.07) is 11.5. The highest BCUT2D eigenvalue weighted by Gasteiger charge is 2.35. The van der Waals surface area contributed by atoms with Crippen LogP contribution in [-0.4, -0.2) is 29.5 Å². The van der Waals surface area contributed by atoms with Gasteiger partial charge in [0.05, 0.1) is 17.8 Å². The first kappa shape index (κ1) is 13.4. The van der Waals surface area contributed by atoms with E-state index in [1.54, 1.807) is 28.0 Å². The second-order valence-electron chi connectivity index (χ2n) is 5.84. The summed E-state index contributed by atoms with van der Waals surface area (Å²) in [4.78, 5) is 8.47. The first-order valence-corrected chi connectivity index (χ1v) is 7.75. The topological polar surface area (TPSA) is 61.4 Å². The van der Waals surface area contributed by atoms with Crippen molar-refractivity contribution in [2.45, 2.75) is 18.6 Å². The van der Waals surface area contributed by atoms with Gasteiger partial charge in [0.2, 0.25) is 0 Å². The van der Waals surface area contributed by atoms with Crippen LogP contribution in [0.5, 0.6) is 0 Å². The minimum Gasteiger partial charge on any atom is -0.264 e. The number of alkyl halides is 1. The van der Waals surface area contributed by atoms with E-state index in [9.17, 15) is 4.39 Å². The van der Waals surface area contributed by atoms with E-state index >= 15 is 0 Å². The third-order valence-corrected chi connectivity index (χ3v) is 4.39. The molecular formula is C17H13FN6. The van der Waals surface area contributed by atoms with Gasteiger partial charge in [0.15, 0.2) is 12.0 Å². The van der Waals surface area contributed by atoms with Gasteiger partial charge in [-0.25, -0.2) is 9.07 Å². The highest BCUT2D eigenvalue weighted by Crippen LogP contribution is 2.39. The smallest absolute Gasteiger partial charge is 0.264 e. The summed E-state index contributed by atoms with van der Waals surface area (Å²) < 4.78 is 17.8. The molecule has 1 aliphatic rings. The van der Waals surface area contributed by atoms with Gasteiger partial charge in [-0.2, -0.15) is 14.8 Å². The molecule has 0 fully saturated rings. The number of rotatable bonds is 2. The molecule has 0 spiro atoms. The quantitative estimate of drug-likeness (QED) is 0.569. The largest absolute Gasteiger partial charge is 0.270 e. The predicted octanol–water partition coefficient (Wildman–Crippen LogP) is 3.02. The van der Waals surface area contributed by atoms with Gasteiger partial charge in [0.1, 0.15) is 0 Å². The Morgan fingerprint density at radius 2 is 1.96 bits per heavy atom. The van der Waals surface area contributed by atoms with Crippen LogP contribution in [0.25, 0.3) is 16.9 Å². The second kappa shape index (κ2) is 4.95. The number of aromatic nitrogens is 6. The molecule has 2 atom stereocenters. The predicted molar refractivity (Wildman–Crippen MR) is 85.5 cm³/mol. The number of hydrogen-bond donors (Lipinski definition) is 0. The van der Waals surface area contributed by atoms with Crippen molar-refractivity contribution < 1.29 is 4.39 Å². The van der Waals surface area contributed by atoms with E-state index in [2.05, 4.69) is 20.2 Å². The Balaban J connectivity index is 1.63. The highest BCUT2D eigenvalue weighted by molar-refractivity contribution is 5.78. The van der Waals surface area contributed by atoms with Gasteiger partial charge >= 0.3 is 0 Å². The summed E-state index contributed by atoms with van der Waals surface area (Å²) in [5.74, 6) is 0.742. The summed E-state index contributed by atoms with van der Waals surface area (Å²) >= 11 is 0. The maximum absolute atomic E-state index is 14.5. The summed E-state index contributed by atoms with van der Waals surface area (Å²) in [6.07, 6.45) is 4.36. The molecule has 0 aliphatic carbocycles. The summed E-state index contributed by atoms with van der Waals surface area (Å²) in [7, 11) is 0. The van der Waals surface area contributed by atoms with E-state index in [0.29, 0.717) is 18.2 Å². The van der Waals surface area contributed by atoms with Gasteiger partial charge in [0.25, 0.3) is 5.95 Å². The molecule has 0 amide bonds. The molecule has 0 N–H and O–H groups in total. The van der Waals surface area contributed by atoms with Crippen molar-refractivity contribution in [2.75, 3.05) is 0 Å². The lowest BCUT2D eigenvalue weighted by Gasteiger charge is -2.11. The van der Waals surface area contributed by atoms with Crippen molar-refractivity contribution in [3.63, 3.8) is 0 Å². The van der Waals surface area contributed by atoms with E-state index in [4.69, 9.17) is 0 Å². The Morgan fingerprint density at radius 3 is 2.83 bits per heavy atom. The van der Waals surface area contributed by atoms with Gasteiger partial charge in [-0.1, -0.05) is 30.3 Å². The van der Waals surface area contributed by atoms with E-state index < -0.39 is 6.17 Å². The molecule has 0 unspecified atom stereocenters. The number of benzene rings is 1. The van der Waals surface area contributed by atoms with Crippen molar-refractivity contribution in [1.82, 2.24) is 29.5 Å². The number of fused-ring (bicyclic) bond motifs is 2. The molecule has 0 saturated heterocycles. The molecule has 118 valence electrons. The fraction of sp³-hybridized carbons (Fsp3) is 0.176. The van der Waals surface area contributed by atoms with Crippen molar-refractivity contribution in [3.05, 3.63) is 66.4 Å². The Morgan fingerprint density at radius 1 is 1.08 bits per heavy atom. The maximum Gasteiger partial charge on any atom is 0.270 e. The molecule has 6 nitrogen and oxygen atoms in total. The van der Waals surface area contributed by atoms with Gasteiger partial charge in [0, 0.05) is 24.2 Å². The molecule has 24 heavy (non-hydrogen) atoms. The Bertz CT molecular complexity index is 1020. The Kier molecular flexibility index (Phi) is 2.76. The van der Waals surface area contributed by atoms with E-state index in [-0.39, 0.29) is 6.04 Å². The molecule has 5 rings (SSSR count). The lowest BCUT2D eigenvalue weighted by atomic mass is 10.0. The van der Waals surface area contributed by atoms with Crippen LogP contribution in [0.2, 0.25) is 0 Å². The minimum atomic E-state index is -1.13. The van der Waals surface area contributed by atoms with E-state index in [0.717, 1.165) is 16.5 Å². The third-order valence-electron chi connectivity index (χ3n) is 4.39. The average molecular weight is 320 g/mol. The number of hydrogen-bond acceptors (Lipinski definition) is 4. The molecule has 1 aromatic carbocycles. The lowest BCUT2D eigenvalue weighted by Crippen LogP contribution is -2.08. The monoisotopic (exact) mass is 320 g/mol. The van der Waals surface area contributed by atoms with Crippen LogP contribution in [-0.2, 0) is 0 Å². The molecule has 7 heteroatoms. The molecule has 1 aliphatic heterocycles. The zero-order valence-electron chi connectivity index (χ0n) is 12.6. The zero-order chi connectivity index (χ0) is 16.1. The maximum atomic E-state index is 14.5. The summed E-state index contributed by atoms with van der Waals surface area (Å²) in [6.45, 7) is 0. The van der Waals surface area contributed by atoms with E-state index in [1.165, 1.54) is 0 Å². The summed E-state index contributed by atoms with van der Waals surface area (Å²) in [5, 5.41) is 9.75. The first-order valence-electron chi connectivity index (χ1n) is 7.75. The minimum absolute atomic E-state index is 0.138. The van der Waals surface area contributed by atoms with Gasteiger partial charge < -0.3 is 0 Å². The van der Waals surface area contributed by atoms with Gasteiger partial charge in [-0.05, 0) is 11.6 Å². The fourth-order valence-corrected chi connectivity index (χ4v) is 3.24. The van der Waals surface area contributed by atoms with Crippen molar-refractivity contribution >= 4 is 10.9 Å². The van der Waals surface area contributed by atoms with Crippen LogP contribution in [0.15, 0.2) is 55.0 Å². The van der Waals surface area contributed by atoms with E-state index in [1.807, 2.05) is 36.4 Å². The SMILES string of the molecule is F[C@H]1C[C@@H](c2ccccc2)n2nc(-n3ncc4cnccc43)nc21. The Hall–Kier alpha value is -3.09. The van der Waals surface area contributed by atoms with Crippen molar-refractivity contribution in [1.29, 1.82) is 0 Å². The number of pyridine rings is 1. The van der Waals surface area contributed by atoms with Crippen molar-refractivity contribution in [3.8, 4) is 5.95 Å². The Labute approximate surface area is 136 Å². The van der Waals surface area contributed by atoms with Crippen LogP contribution in [0.4, 0.5) is 4.39 Å². The van der Waals surface area contributed by atoms with Crippen LogP contribution < -0.4 is 0 Å². The van der Waals surface area contributed by atoms with Gasteiger partial charge in [-0.3, -0.25) is 4.98 Å². The highest BCUT2D eigenvalue weighted by atomic mass is 19.1. The van der Waals surface area contributed by atoms with Crippen LogP contribution in [0.1, 0.15) is 30.0 Å². The zero-order valence-corrected chi connectivity index (χ0v) is 12.6. The molecule has 0 saturated carbocycles. The molecule has 4 aromatic rings. The first-order chi connectivity index (χ1) is 11.8. The average Bonchev–Trinajstić information content (AvgIpc) is 3.30. The standard InChI is InChI=1S/C17H13FN6/c18-13-8-15(11-4-2-1-3-5-11)23-16(13)21-17(22-23)24-14-6-7-19-9-12(14)10-20-24/h1-7,9-10,13,15H,8H2/t13-,15-/m0/s1. The number of nitrogens with zero attached hydrogens (tertiary/aromatic N) is 6. The molecule has 0 radical (unpaired) electrons. The number of halogens is 1. The normalized spacial score (nSPS) is 19.7. The van der Waals surface area contributed by atoms with Crippen LogP contribution in [0, 0.1) is 0 Å². The molecule has 0 bridgehead atoms. The van der Waals surface area contributed by atoms with Gasteiger partial charge in [-0.15, -0.1) is 5.10 Å². The van der Waals surface area contributed by atoms with Crippen LogP contribution >= 0.6 is 0 Å². The second-order valence-corrected chi connectivity index (χ2v) is 5.84.